The lowest BCUT2D eigenvalue weighted by Gasteiger charge is -2.08. The van der Waals surface area contributed by atoms with E-state index in [-0.39, 0.29) is 5.82 Å². The van der Waals surface area contributed by atoms with Gasteiger partial charge in [-0.1, -0.05) is 43.7 Å². The third-order valence-electron chi connectivity index (χ3n) is 3.47. The van der Waals surface area contributed by atoms with Crippen LogP contribution < -0.4 is 4.74 Å². The number of unbranched alkanes of at least 4 members (excludes halogenated alkanes) is 1. The maximum atomic E-state index is 13.1. The quantitative estimate of drug-likeness (QED) is 0.630. The lowest BCUT2D eigenvalue weighted by Crippen LogP contribution is -1.87. The number of hydrogen-bond donors (Lipinski definition) is 0. The second-order valence-corrected chi connectivity index (χ2v) is 5.05. The van der Waals surface area contributed by atoms with E-state index in [1.807, 2.05) is 36.4 Å². The average molecular weight is 284 g/mol. The monoisotopic (exact) mass is 284 g/mol. The van der Waals surface area contributed by atoms with Crippen molar-refractivity contribution in [3.8, 4) is 5.75 Å². The van der Waals surface area contributed by atoms with Gasteiger partial charge in [-0.05, 0) is 53.8 Å². The van der Waals surface area contributed by atoms with E-state index in [1.54, 1.807) is 7.11 Å². The lowest BCUT2D eigenvalue weighted by atomic mass is 9.98. The third-order valence-corrected chi connectivity index (χ3v) is 3.47. The van der Waals surface area contributed by atoms with Gasteiger partial charge in [0.25, 0.3) is 0 Å². The van der Waals surface area contributed by atoms with Gasteiger partial charge in [0.05, 0.1) is 7.11 Å². The molecular formula is C19H21FO. The van der Waals surface area contributed by atoms with Crippen LogP contribution >= 0.6 is 0 Å². The van der Waals surface area contributed by atoms with Gasteiger partial charge in [0, 0.05) is 0 Å². The highest BCUT2D eigenvalue weighted by Crippen LogP contribution is 2.25. The summed E-state index contributed by atoms with van der Waals surface area (Å²) in [7, 11) is 1.66. The van der Waals surface area contributed by atoms with Crippen LogP contribution in [0.4, 0.5) is 4.39 Å². The molecule has 2 rings (SSSR count). The smallest absolute Gasteiger partial charge is 0.123 e. The van der Waals surface area contributed by atoms with Crippen molar-refractivity contribution in [3.05, 3.63) is 65.5 Å². The summed E-state index contributed by atoms with van der Waals surface area (Å²) in [5, 5.41) is 0. The predicted molar refractivity (Wildman–Crippen MR) is 86.8 cm³/mol. The zero-order valence-electron chi connectivity index (χ0n) is 12.6. The van der Waals surface area contributed by atoms with E-state index >= 15 is 0 Å². The largest absolute Gasteiger partial charge is 0.497 e. The normalized spacial score (nSPS) is 11.5. The van der Waals surface area contributed by atoms with Gasteiger partial charge in [-0.3, -0.25) is 0 Å². The van der Waals surface area contributed by atoms with E-state index in [0.717, 1.165) is 36.1 Å². The van der Waals surface area contributed by atoms with Crippen molar-refractivity contribution in [1.29, 1.82) is 0 Å². The topological polar surface area (TPSA) is 9.23 Å². The molecule has 0 heterocycles. The molecule has 2 aromatic rings. The zero-order valence-corrected chi connectivity index (χ0v) is 12.6. The molecule has 0 bridgehead atoms. The Labute approximate surface area is 126 Å². The number of methoxy groups -OCH3 is 1. The second kappa shape index (κ2) is 7.63. The molecule has 1 nitrogen and oxygen atoms in total. The highest BCUT2D eigenvalue weighted by atomic mass is 19.1. The maximum Gasteiger partial charge on any atom is 0.123 e. The van der Waals surface area contributed by atoms with Gasteiger partial charge in [-0.25, -0.2) is 4.39 Å². The van der Waals surface area contributed by atoms with E-state index in [4.69, 9.17) is 4.74 Å². The Kier molecular flexibility index (Phi) is 5.56. The Morgan fingerprint density at radius 2 is 1.71 bits per heavy atom. The Balaban J connectivity index is 2.29. The van der Waals surface area contributed by atoms with Crippen LogP contribution in [0.15, 0.2) is 48.5 Å². The molecule has 0 radical (unpaired) electrons. The Morgan fingerprint density at radius 1 is 1.05 bits per heavy atom. The van der Waals surface area contributed by atoms with Gasteiger partial charge >= 0.3 is 0 Å². The number of halogens is 1. The first kappa shape index (κ1) is 15.3. The van der Waals surface area contributed by atoms with Crippen LogP contribution in [0.2, 0.25) is 0 Å². The van der Waals surface area contributed by atoms with Gasteiger partial charge in [-0.2, -0.15) is 0 Å². The molecule has 2 aromatic carbocycles. The predicted octanol–water partition coefficient (Wildman–Crippen LogP) is 5.57. The van der Waals surface area contributed by atoms with Crippen molar-refractivity contribution in [2.75, 3.05) is 7.11 Å². The van der Waals surface area contributed by atoms with Crippen LogP contribution in [0.1, 0.15) is 37.3 Å². The van der Waals surface area contributed by atoms with E-state index in [1.165, 1.54) is 17.7 Å². The molecule has 0 aliphatic rings. The van der Waals surface area contributed by atoms with Gasteiger partial charge < -0.3 is 4.74 Å². The molecule has 0 saturated heterocycles. The summed E-state index contributed by atoms with van der Waals surface area (Å²) in [5.41, 5.74) is 3.45. The highest BCUT2D eigenvalue weighted by molar-refractivity contribution is 5.81. The molecule has 0 fully saturated rings. The first-order valence-corrected chi connectivity index (χ1v) is 7.33. The number of allylic oxidation sites excluding steroid dienone is 1. The molecule has 0 spiro atoms. The van der Waals surface area contributed by atoms with Crippen molar-refractivity contribution in [2.45, 2.75) is 26.2 Å². The van der Waals surface area contributed by atoms with Gasteiger partial charge in [0.2, 0.25) is 0 Å². The first-order valence-electron chi connectivity index (χ1n) is 7.33. The second-order valence-electron chi connectivity index (χ2n) is 5.05. The van der Waals surface area contributed by atoms with Crippen LogP contribution in [0.3, 0.4) is 0 Å². The lowest BCUT2D eigenvalue weighted by molar-refractivity contribution is 0.415. The Bertz CT molecular complexity index is 582. The molecule has 110 valence electrons. The van der Waals surface area contributed by atoms with Crippen LogP contribution in [-0.4, -0.2) is 7.11 Å². The summed E-state index contributed by atoms with van der Waals surface area (Å²) in [6.45, 7) is 2.18. The first-order chi connectivity index (χ1) is 10.2. The molecule has 0 aliphatic heterocycles. The molecule has 0 atom stereocenters. The molecule has 0 amide bonds. The number of ether oxygens (including phenoxy) is 1. The number of benzene rings is 2. The summed E-state index contributed by atoms with van der Waals surface area (Å²) in [5.74, 6) is 0.655. The van der Waals surface area contributed by atoms with Crippen LogP contribution in [0, 0.1) is 5.82 Å². The van der Waals surface area contributed by atoms with Crippen LogP contribution in [0.5, 0.6) is 5.75 Å². The van der Waals surface area contributed by atoms with E-state index in [0.29, 0.717) is 0 Å². The molecule has 21 heavy (non-hydrogen) atoms. The summed E-state index contributed by atoms with van der Waals surface area (Å²) >= 11 is 0. The molecule has 0 unspecified atom stereocenters. The fourth-order valence-corrected chi connectivity index (χ4v) is 2.23. The van der Waals surface area contributed by atoms with Crippen molar-refractivity contribution in [3.63, 3.8) is 0 Å². The minimum absolute atomic E-state index is 0.196. The third kappa shape index (κ3) is 4.45. The summed E-state index contributed by atoms with van der Waals surface area (Å²) < 4.78 is 18.3. The zero-order chi connectivity index (χ0) is 15.1. The molecule has 0 N–H and O–H groups in total. The van der Waals surface area contributed by atoms with Crippen molar-refractivity contribution in [2.24, 2.45) is 0 Å². The minimum Gasteiger partial charge on any atom is -0.497 e. The van der Waals surface area contributed by atoms with E-state index in [2.05, 4.69) is 13.0 Å². The van der Waals surface area contributed by atoms with Crippen LogP contribution in [0.25, 0.3) is 11.6 Å². The van der Waals surface area contributed by atoms with Crippen LogP contribution in [-0.2, 0) is 0 Å². The highest BCUT2D eigenvalue weighted by Gasteiger charge is 2.03. The van der Waals surface area contributed by atoms with Gasteiger partial charge in [0.1, 0.15) is 11.6 Å². The van der Waals surface area contributed by atoms with Gasteiger partial charge in [0.15, 0.2) is 0 Å². The SMILES string of the molecule is CCCC/C(=C\c1ccc(OC)cc1)c1ccc(F)cc1. The Morgan fingerprint density at radius 3 is 2.29 bits per heavy atom. The Hall–Kier alpha value is -2.09. The molecule has 0 saturated carbocycles. The van der Waals surface area contributed by atoms with Crippen molar-refractivity contribution < 1.29 is 9.13 Å². The van der Waals surface area contributed by atoms with E-state index < -0.39 is 0 Å². The van der Waals surface area contributed by atoms with E-state index in [9.17, 15) is 4.39 Å². The van der Waals surface area contributed by atoms with Crippen molar-refractivity contribution >= 4 is 11.6 Å². The molecule has 0 aromatic heterocycles. The molecule has 0 aliphatic carbocycles. The standard InChI is InChI=1S/C19H21FO/c1-3-4-5-17(16-8-10-18(20)11-9-16)14-15-6-12-19(21-2)13-7-15/h6-14H,3-5H2,1-2H3/b17-14+. The van der Waals surface area contributed by atoms with Gasteiger partial charge in [-0.15, -0.1) is 0 Å². The summed E-state index contributed by atoms with van der Waals surface area (Å²) in [6.07, 6.45) is 5.43. The average Bonchev–Trinajstić information content (AvgIpc) is 2.53. The fraction of sp³-hybridized carbons (Fsp3) is 0.263. The fourth-order valence-electron chi connectivity index (χ4n) is 2.23. The number of rotatable bonds is 6. The van der Waals surface area contributed by atoms with Crippen molar-refractivity contribution in [1.82, 2.24) is 0 Å². The molecular weight excluding hydrogens is 263 g/mol. The molecule has 2 heteroatoms. The summed E-state index contributed by atoms with van der Waals surface area (Å²) in [6, 6.07) is 14.7. The minimum atomic E-state index is -0.196. The summed E-state index contributed by atoms with van der Waals surface area (Å²) in [4.78, 5) is 0. The maximum absolute atomic E-state index is 13.1. The number of hydrogen-bond acceptors (Lipinski definition) is 1.